The Morgan fingerprint density at radius 1 is 1.39 bits per heavy atom. The first kappa shape index (κ1) is 18.3. The van der Waals surface area contributed by atoms with E-state index in [0.29, 0.717) is 40.4 Å². The van der Waals surface area contributed by atoms with Gasteiger partial charge in [-0.15, -0.1) is 0 Å². The number of aromatic nitrogens is 4. The molecule has 1 fully saturated rings. The summed E-state index contributed by atoms with van der Waals surface area (Å²) in [5.41, 5.74) is 5.96. The second-order valence-electron chi connectivity index (χ2n) is 7.06. The summed E-state index contributed by atoms with van der Waals surface area (Å²) >= 11 is 1.38. The Kier molecular flexibility index (Phi) is 4.92. The monoisotopic (exact) mass is 398 g/mol. The molecule has 4 rings (SSSR count). The molecule has 0 radical (unpaired) electrons. The van der Waals surface area contributed by atoms with Crippen LogP contribution in [0, 0.1) is 29.0 Å². The zero-order chi connectivity index (χ0) is 19.7. The van der Waals surface area contributed by atoms with Gasteiger partial charge in [0.15, 0.2) is 16.8 Å². The third-order valence-electron chi connectivity index (χ3n) is 4.70. The van der Waals surface area contributed by atoms with Gasteiger partial charge in [-0.2, -0.15) is 5.26 Å². The predicted octanol–water partition coefficient (Wildman–Crippen LogP) is 3.32. The summed E-state index contributed by atoms with van der Waals surface area (Å²) in [5, 5.41) is 12.8. The number of nitrogens with zero attached hydrogens (tertiary/aromatic N) is 6. The van der Waals surface area contributed by atoms with E-state index in [1.165, 1.54) is 17.7 Å². The van der Waals surface area contributed by atoms with Crippen LogP contribution in [-0.4, -0.2) is 33.0 Å². The van der Waals surface area contributed by atoms with Crippen LogP contribution in [0.5, 0.6) is 0 Å². The lowest BCUT2D eigenvalue weighted by molar-refractivity contribution is 0.340. The average molecular weight is 398 g/mol. The van der Waals surface area contributed by atoms with E-state index in [0.717, 1.165) is 30.8 Å². The molecule has 0 amide bonds. The Bertz CT molecular complexity index is 1050. The van der Waals surface area contributed by atoms with Crippen LogP contribution < -0.4 is 16.0 Å². The van der Waals surface area contributed by atoms with E-state index in [2.05, 4.69) is 43.1 Å². The molecule has 2 atom stereocenters. The number of halogens is 1. The van der Waals surface area contributed by atoms with Crippen molar-refractivity contribution >= 4 is 44.1 Å². The minimum Gasteiger partial charge on any atom is -0.384 e. The van der Waals surface area contributed by atoms with E-state index >= 15 is 0 Å². The number of nitrogen functional groups attached to an aromatic ring is 1. The number of hydrogen-bond donors (Lipinski definition) is 2. The number of nitrogens with one attached hydrogen (secondary N) is 1. The van der Waals surface area contributed by atoms with Gasteiger partial charge in [-0.25, -0.2) is 24.3 Å². The molecular formula is C18H19FN8S. The number of piperidine rings is 1. The van der Waals surface area contributed by atoms with Gasteiger partial charge in [0, 0.05) is 25.6 Å². The Labute approximate surface area is 165 Å². The lowest BCUT2D eigenvalue weighted by Crippen LogP contribution is -2.39. The topological polar surface area (TPSA) is 117 Å². The Morgan fingerprint density at radius 3 is 3.04 bits per heavy atom. The number of fused-ring (bicyclic) bond motifs is 1. The molecule has 10 heteroatoms. The molecule has 2 unspecified atom stereocenters. The van der Waals surface area contributed by atoms with Crippen molar-refractivity contribution < 1.29 is 4.39 Å². The average Bonchev–Trinajstić information content (AvgIpc) is 3.11. The Balaban J connectivity index is 1.68. The fourth-order valence-electron chi connectivity index (χ4n) is 3.57. The zero-order valence-electron chi connectivity index (χ0n) is 15.3. The molecule has 3 aromatic rings. The van der Waals surface area contributed by atoms with Gasteiger partial charge < -0.3 is 16.0 Å². The molecule has 3 aromatic heterocycles. The third-order valence-corrected chi connectivity index (χ3v) is 5.82. The third kappa shape index (κ3) is 3.66. The van der Waals surface area contributed by atoms with Gasteiger partial charge in [-0.3, -0.25) is 0 Å². The summed E-state index contributed by atoms with van der Waals surface area (Å²) in [5.74, 6) is 1.55. The number of pyridine rings is 1. The zero-order valence-corrected chi connectivity index (χ0v) is 16.1. The second kappa shape index (κ2) is 7.52. The first-order valence-electron chi connectivity index (χ1n) is 8.95. The SMILES string of the molecule is CC1CC(CC#N)CN(c2nc3c(F)cnc(Nc4cc(N)ncn4)c3s2)C1. The molecular weight excluding hydrogens is 379 g/mol. The molecule has 144 valence electrons. The first-order valence-corrected chi connectivity index (χ1v) is 9.76. The van der Waals surface area contributed by atoms with Crippen LogP contribution in [0.2, 0.25) is 0 Å². The summed E-state index contributed by atoms with van der Waals surface area (Å²) in [7, 11) is 0. The molecule has 1 aliphatic heterocycles. The molecule has 3 N–H and O–H groups in total. The van der Waals surface area contributed by atoms with Gasteiger partial charge in [-0.1, -0.05) is 18.3 Å². The van der Waals surface area contributed by atoms with Gasteiger partial charge in [0.2, 0.25) is 0 Å². The van der Waals surface area contributed by atoms with Crippen LogP contribution in [0.1, 0.15) is 19.8 Å². The van der Waals surface area contributed by atoms with Crippen LogP contribution >= 0.6 is 11.3 Å². The molecule has 1 saturated heterocycles. The molecule has 8 nitrogen and oxygen atoms in total. The summed E-state index contributed by atoms with van der Waals surface area (Å²) < 4.78 is 15.0. The van der Waals surface area contributed by atoms with Crippen LogP contribution in [0.3, 0.4) is 0 Å². The van der Waals surface area contributed by atoms with Gasteiger partial charge in [0.1, 0.15) is 28.2 Å². The first-order chi connectivity index (χ1) is 13.5. The minimum absolute atomic E-state index is 0.273. The van der Waals surface area contributed by atoms with E-state index in [1.807, 2.05) is 0 Å². The molecule has 1 aliphatic rings. The van der Waals surface area contributed by atoms with Gasteiger partial charge in [-0.05, 0) is 18.3 Å². The lowest BCUT2D eigenvalue weighted by Gasteiger charge is -2.35. The highest BCUT2D eigenvalue weighted by atomic mass is 32.1. The van der Waals surface area contributed by atoms with Crippen molar-refractivity contribution in [3.05, 3.63) is 24.4 Å². The molecule has 0 aromatic carbocycles. The maximum atomic E-state index is 14.4. The maximum absolute atomic E-state index is 14.4. The van der Waals surface area contributed by atoms with Crippen molar-refractivity contribution in [2.75, 3.05) is 29.0 Å². The number of rotatable bonds is 4. The van der Waals surface area contributed by atoms with E-state index < -0.39 is 5.82 Å². The molecule has 0 bridgehead atoms. The normalized spacial score (nSPS) is 19.5. The highest BCUT2D eigenvalue weighted by Gasteiger charge is 2.27. The van der Waals surface area contributed by atoms with Crippen molar-refractivity contribution in [2.24, 2.45) is 11.8 Å². The van der Waals surface area contributed by atoms with Crippen LogP contribution in [-0.2, 0) is 0 Å². The van der Waals surface area contributed by atoms with Crippen LogP contribution in [0.15, 0.2) is 18.6 Å². The van der Waals surface area contributed by atoms with E-state index in [9.17, 15) is 4.39 Å². The van der Waals surface area contributed by atoms with Gasteiger partial charge in [0.25, 0.3) is 0 Å². The quantitative estimate of drug-likeness (QED) is 0.687. The second-order valence-corrected chi connectivity index (χ2v) is 8.03. The maximum Gasteiger partial charge on any atom is 0.186 e. The molecule has 4 heterocycles. The number of thiazole rings is 1. The molecule has 0 aliphatic carbocycles. The van der Waals surface area contributed by atoms with Gasteiger partial charge in [0.05, 0.1) is 12.3 Å². The molecule has 28 heavy (non-hydrogen) atoms. The lowest BCUT2D eigenvalue weighted by atomic mass is 9.89. The van der Waals surface area contributed by atoms with Crippen LogP contribution in [0.25, 0.3) is 10.2 Å². The molecule has 0 saturated carbocycles. The number of hydrogen-bond acceptors (Lipinski definition) is 9. The highest BCUT2D eigenvalue weighted by molar-refractivity contribution is 7.22. The molecule has 0 spiro atoms. The number of nitriles is 1. The van der Waals surface area contributed by atoms with Crippen molar-refractivity contribution in [2.45, 2.75) is 19.8 Å². The van der Waals surface area contributed by atoms with Crippen molar-refractivity contribution in [3.8, 4) is 6.07 Å². The van der Waals surface area contributed by atoms with Gasteiger partial charge >= 0.3 is 0 Å². The van der Waals surface area contributed by atoms with Crippen molar-refractivity contribution in [1.29, 1.82) is 5.26 Å². The number of anilines is 4. The van der Waals surface area contributed by atoms with Crippen molar-refractivity contribution in [1.82, 2.24) is 19.9 Å². The minimum atomic E-state index is -0.469. The van der Waals surface area contributed by atoms with Crippen LogP contribution in [0.4, 0.5) is 27.0 Å². The highest BCUT2D eigenvalue weighted by Crippen LogP contribution is 2.37. The van der Waals surface area contributed by atoms with E-state index in [4.69, 9.17) is 11.0 Å². The fourth-order valence-corrected chi connectivity index (χ4v) is 4.61. The summed E-state index contributed by atoms with van der Waals surface area (Å²) in [6.07, 6.45) is 4.04. The smallest absolute Gasteiger partial charge is 0.186 e. The summed E-state index contributed by atoms with van der Waals surface area (Å²) in [4.78, 5) is 18.8. The largest absolute Gasteiger partial charge is 0.384 e. The van der Waals surface area contributed by atoms with E-state index in [1.54, 1.807) is 6.07 Å². The summed E-state index contributed by atoms with van der Waals surface area (Å²) in [6.45, 7) is 3.75. The van der Waals surface area contributed by atoms with Crippen molar-refractivity contribution in [3.63, 3.8) is 0 Å². The standard InChI is InChI=1S/C18H19FN8S/c1-10-4-11(2-3-20)8-27(7-10)18-26-15-12(19)6-22-17(16(15)28-18)25-14-5-13(21)23-9-24-14/h5-6,9-11H,2,4,7-8H2,1H3,(H3,21,22,23,24,25). The van der Waals surface area contributed by atoms with E-state index in [-0.39, 0.29) is 5.52 Å². The number of nitrogens with two attached hydrogens (primary N) is 1. The Hall–Kier alpha value is -3.06. The fraction of sp³-hybridized carbons (Fsp3) is 0.389. The predicted molar refractivity (Wildman–Crippen MR) is 107 cm³/mol. The summed E-state index contributed by atoms with van der Waals surface area (Å²) in [6, 6.07) is 3.84. The Morgan fingerprint density at radius 2 is 2.25 bits per heavy atom.